The third-order valence-electron chi connectivity index (χ3n) is 7.21. The van der Waals surface area contributed by atoms with Crippen molar-refractivity contribution in [1.29, 1.82) is 0 Å². The second kappa shape index (κ2) is 7.47. The normalized spacial score (nSPS) is 28.6. The highest BCUT2D eigenvalue weighted by Gasteiger charge is 2.63. The molecule has 0 fully saturated rings. The van der Waals surface area contributed by atoms with E-state index in [4.69, 9.17) is 11.5 Å². The number of aliphatic hydroxyl groups excluding tert-OH is 2. The van der Waals surface area contributed by atoms with Crippen LogP contribution in [0.25, 0.3) is 0 Å². The van der Waals surface area contributed by atoms with E-state index in [0.29, 0.717) is 11.3 Å². The number of aromatic hydroxyl groups is 1. The Bertz CT molecular complexity index is 1220. The molecule has 0 bridgehead atoms. The molecule has 1 aromatic carbocycles. The van der Waals surface area contributed by atoms with Crippen LogP contribution in [-0.4, -0.2) is 82.6 Å². The fourth-order valence-corrected chi connectivity index (χ4v) is 5.72. The van der Waals surface area contributed by atoms with Gasteiger partial charge in [0.05, 0.1) is 17.3 Å². The summed E-state index contributed by atoms with van der Waals surface area (Å²) in [7, 11) is 6.68. The highest BCUT2D eigenvalue weighted by molar-refractivity contribution is 6.25. The van der Waals surface area contributed by atoms with Gasteiger partial charge in [0.1, 0.15) is 22.8 Å². The molecule has 8 N–H and O–H groups in total. The summed E-state index contributed by atoms with van der Waals surface area (Å²) in [6.45, 7) is 0. The summed E-state index contributed by atoms with van der Waals surface area (Å²) >= 11 is 0. The van der Waals surface area contributed by atoms with Crippen molar-refractivity contribution >= 4 is 28.8 Å². The molecule has 1 amide bonds. The van der Waals surface area contributed by atoms with Crippen LogP contribution in [0.3, 0.4) is 0 Å². The summed E-state index contributed by atoms with van der Waals surface area (Å²) in [6.07, 6.45) is 0.236. The highest BCUT2D eigenvalue weighted by Crippen LogP contribution is 2.53. The van der Waals surface area contributed by atoms with Crippen LogP contribution in [0.1, 0.15) is 22.3 Å². The molecule has 0 aromatic heterocycles. The molecule has 4 atom stereocenters. The van der Waals surface area contributed by atoms with Crippen molar-refractivity contribution in [2.75, 3.05) is 38.8 Å². The lowest BCUT2D eigenvalue weighted by molar-refractivity contribution is -0.148. The maximum absolute atomic E-state index is 13.6. The second-order valence-corrected chi connectivity index (χ2v) is 9.54. The zero-order valence-corrected chi connectivity index (χ0v) is 19.3. The Balaban J connectivity index is 2.00. The summed E-state index contributed by atoms with van der Waals surface area (Å²) in [5.41, 5.74) is 8.51. The van der Waals surface area contributed by atoms with E-state index in [2.05, 4.69) is 0 Å². The van der Waals surface area contributed by atoms with E-state index in [1.165, 1.54) is 4.90 Å². The number of benzene rings is 1. The highest BCUT2D eigenvalue weighted by atomic mass is 16.3. The molecule has 0 spiro atoms. The molecular formula is C23H28N4O7. The zero-order chi connectivity index (χ0) is 25.4. The average molecular weight is 472 g/mol. The van der Waals surface area contributed by atoms with Gasteiger partial charge >= 0.3 is 0 Å². The summed E-state index contributed by atoms with van der Waals surface area (Å²) in [5.74, 6) is -6.95. The number of phenolic OH excluding ortho intramolecular Hbond substituents is 1. The van der Waals surface area contributed by atoms with Gasteiger partial charge in [-0.05, 0) is 44.5 Å². The molecule has 1 aromatic rings. The van der Waals surface area contributed by atoms with Gasteiger partial charge in [-0.15, -0.1) is 0 Å². The van der Waals surface area contributed by atoms with Crippen molar-refractivity contribution < 1.29 is 34.8 Å². The third kappa shape index (κ3) is 2.86. The standard InChI is InChI=1S/C23H28N4O7/c1-26(2)12-7-11(24)17(28)14-9(12)5-8-6-10-16(27(3)4)19(30)15(22(25)33)21(32)23(10,34)20(31)13(8)18(14)29/h7-8,10,16,28,30-31,34H,5-6,24H2,1-4H3,(H2,25,33)/t8?,10?,16-,23?/m0/s1. The number of Topliss-reactive ketones (excluding diaryl/α,β-unsaturated/α-hetero) is 2. The lowest BCUT2D eigenvalue weighted by Gasteiger charge is -2.50. The van der Waals surface area contributed by atoms with Crippen LogP contribution in [-0.2, 0) is 16.0 Å². The van der Waals surface area contributed by atoms with Gasteiger partial charge in [0.25, 0.3) is 5.91 Å². The molecule has 0 saturated heterocycles. The van der Waals surface area contributed by atoms with Gasteiger partial charge < -0.3 is 36.8 Å². The molecule has 0 aliphatic heterocycles. The van der Waals surface area contributed by atoms with E-state index in [0.717, 1.165) is 0 Å². The number of allylic oxidation sites excluding steroid dienone is 1. The Kier molecular flexibility index (Phi) is 5.18. The van der Waals surface area contributed by atoms with Gasteiger partial charge in [-0.1, -0.05) is 0 Å². The maximum atomic E-state index is 13.6. The number of likely N-dealkylation sites (N-methyl/N-ethyl adjacent to an activating group) is 1. The Labute approximate surface area is 195 Å². The van der Waals surface area contributed by atoms with E-state index in [-0.39, 0.29) is 29.7 Å². The molecule has 0 radical (unpaired) electrons. The number of hydrogen-bond donors (Lipinski definition) is 6. The fraction of sp³-hybridized carbons (Fsp3) is 0.435. The number of phenols is 1. The smallest absolute Gasteiger partial charge is 0.255 e. The van der Waals surface area contributed by atoms with E-state index >= 15 is 0 Å². The van der Waals surface area contributed by atoms with Crippen molar-refractivity contribution in [2.45, 2.75) is 24.5 Å². The number of nitrogen functional groups attached to an aromatic ring is 1. The van der Waals surface area contributed by atoms with Crippen molar-refractivity contribution in [3.63, 3.8) is 0 Å². The quantitative estimate of drug-likeness (QED) is 0.195. The molecule has 4 rings (SSSR count). The van der Waals surface area contributed by atoms with E-state index in [9.17, 15) is 34.8 Å². The first-order valence-corrected chi connectivity index (χ1v) is 10.7. The van der Waals surface area contributed by atoms with Gasteiger partial charge in [-0.3, -0.25) is 19.3 Å². The number of aliphatic hydroxyl groups is 3. The third-order valence-corrected chi connectivity index (χ3v) is 7.21. The number of amides is 1. The molecule has 182 valence electrons. The van der Waals surface area contributed by atoms with Crippen LogP contribution >= 0.6 is 0 Å². The summed E-state index contributed by atoms with van der Waals surface area (Å²) < 4.78 is 0. The predicted octanol–water partition coefficient (Wildman–Crippen LogP) is -0.231. The first-order valence-electron chi connectivity index (χ1n) is 10.7. The number of ketones is 2. The SMILES string of the molecule is CN(C)c1cc(N)c(O)c2c1CC1CC3[C@H](N(C)C)C(O)=C(C(N)=O)C(=O)C3(O)C(O)=C1C2=O. The number of primary amides is 1. The van der Waals surface area contributed by atoms with Crippen LogP contribution in [0.15, 0.2) is 28.7 Å². The number of carbonyl (C=O) groups is 3. The van der Waals surface area contributed by atoms with Crippen molar-refractivity contribution in [3.05, 3.63) is 39.9 Å². The van der Waals surface area contributed by atoms with Gasteiger partial charge in [0, 0.05) is 31.3 Å². The first-order chi connectivity index (χ1) is 15.7. The molecule has 11 heteroatoms. The van der Waals surface area contributed by atoms with Crippen molar-refractivity contribution in [2.24, 2.45) is 17.6 Å². The van der Waals surface area contributed by atoms with Crippen molar-refractivity contribution in [3.8, 4) is 5.75 Å². The predicted molar refractivity (Wildman–Crippen MR) is 122 cm³/mol. The first kappa shape index (κ1) is 23.6. The fourth-order valence-electron chi connectivity index (χ4n) is 5.72. The number of anilines is 2. The van der Waals surface area contributed by atoms with Crippen LogP contribution < -0.4 is 16.4 Å². The Morgan fingerprint density at radius 1 is 1.15 bits per heavy atom. The minimum absolute atomic E-state index is 0.0315. The van der Waals surface area contributed by atoms with Crippen LogP contribution in [0.4, 0.5) is 11.4 Å². The minimum atomic E-state index is -2.66. The number of carbonyl (C=O) groups excluding carboxylic acids is 3. The van der Waals surface area contributed by atoms with Crippen LogP contribution in [0.5, 0.6) is 5.75 Å². The molecule has 3 aliphatic rings. The number of rotatable bonds is 3. The van der Waals surface area contributed by atoms with Gasteiger partial charge in [-0.25, -0.2) is 0 Å². The number of hydrogen-bond acceptors (Lipinski definition) is 10. The minimum Gasteiger partial charge on any atom is -0.510 e. The van der Waals surface area contributed by atoms with Gasteiger partial charge in [0.15, 0.2) is 11.4 Å². The van der Waals surface area contributed by atoms with E-state index in [1.54, 1.807) is 39.2 Å². The largest absolute Gasteiger partial charge is 0.510 e. The Hall–Kier alpha value is -3.57. The maximum Gasteiger partial charge on any atom is 0.255 e. The molecule has 3 aliphatic carbocycles. The van der Waals surface area contributed by atoms with Gasteiger partial charge in [-0.2, -0.15) is 0 Å². The summed E-state index contributed by atoms with van der Waals surface area (Å²) in [6, 6.07) is 0.522. The van der Waals surface area contributed by atoms with Crippen molar-refractivity contribution in [1.82, 2.24) is 4.90 Å². The lowest BCUT2D eigenvalue weighted by atomic mass is 9.58. The average Bonchev–Trinajstić information content (AvgIpc) is 2.72. The Morgan fingerprint density at radius 2 is 1.76 bits per heavy atom. The molecule has 11 nitrogen and oxygen atoms in total. The van der Waals surface area contributed by atoms with E-state index < -0.39 is 63.8 Å². The molecule has 0 heterocycles. The van der Waals surface area contributed by atoms with Gasteiger partial charge in [0.2, 0.25) is 5.78 Å². The lowest BCUT2D eigenvalue weighted by Crippen LogP contribution is -2.63. The summed E-state index contributed by atoms with van der Waals surface area (Å²) in [5, 5.41) is 44.2. The Morgan fingerprint density at radius 3 is 2.29 bits per heavy atom. The van der Waals surface area contributed by atoms with Crippen LogP contribution in [0, 0.1) is 11.8 Å². The molecule has 0 saturated carbocycles. The topological polar surface area (TPSA) is 191 Å². The van der Waals surface area contributed by atoms with E-state index in [1.807, 2.05) is 0 Å². The summed E-state index contributed by atoms with van der Waals surface area (Å²) in [4.78, 5) is 42.1. The second-order valence-electron chi connectivity index (χ2n) is 9.54. The van der Waals surface area contributed by atoms with Crippen LogP contribution in [0.2, 0.25) is 0 Å². The zero-order valence-electron chi connectivity index (χ0n) is 19.3. The molecule has 34 heavy (non-hydrogen) atoms. The number of nitrogens with zero attached hydrogens (tertiary/aromatic N) is 2. The number of nitrogens with two attached hydrogens (primary N) is 2. The molecule has 3 unspecified atom stereocenters. The number of fused-ring (bicyclic) bond motifs is 3. The monoisotopic (exact) mass is 472 g/mol. The molecular weight excluding hydrogens is 444 g/mol.